The third-order valence-corrected chi connectivity index (χ3v) is 3.99. The first kappa shape index (κ1) is 15.2. The average Bonchev–Trinajstić information content (AvgIpc) is 2.23. The van der Waals surface area contributed by atoms with Gasteiger partial charge in [0.2, 0.25) is 0 Å². The van der Waals surface area contributed by atoms with Crippen LogP contribution in [0.4, 0.5) is 0 Å². The first-order valence-corrected chi connectivity index (χ1v) is 6.15. The molecule has 1 unspecified atom stereocenters. The maximum absolute atomic E-state index is 2.31. The van der Waals surface area contributed by atoms with E-state index in [4.69, 9.17) is 0 Å². The summed E-state index contributed by atoms with van der Waals surface area (Å²) in [5.41, 5.74) is 8.74. The molecule has 0 aliphatic rings. The van der Waals surface area contributed by atoms with Gasteiger partial charge in [-0.05, 0) is 72.5 Å². The molecule has 0 saturated carbocycles. The van der Waals surface area contributed by atoms with Gasteiger partial charge in [0.05, 0.1) is 0 Å². The summed E-state index contributed by atoms with van der Waals surface area (Å²) in [6.07, 6.45) is 0. The third kappa shape index (κ3) is 3.66. The second-order valence-electron chi connectivity index (χ2n) is 5.34. The smallest absolute Gasteiger partial charge is 0.00187 e. The molecule has 0 fully saturated rings. The van der Waals surface area contributed by atoms with Crippen LogP contribution < -0.4 is 0 Å². The minimum absolute atomic E-state index is 0.555. The molecule has 1 atom stereocenters. The first-order valence-electron chi connectivity index (χ1n) is 6.15. The van der Waals surface area contributed by atoms with Crippen molar-refractivity contribution in [3.05, 3.63) is 33.4 Å². The van der Waals surface area contributed by atoms with Crippen molar-refractivity contribution in [1.29, 1.82) is 0 Å². The van der Waals surface area contributed by atoms with E-state index in [1.807, 2.05) is 0 Å². The van der Waals surface area contributed by atoms with Gasteiger partial charge in [0.1, 0.15) is 0 Å². The van der Waals surface area contributed by atoms with E-state index in [1.54, 1.807) is 0 Å². The van der Waals surface area contributed by atoms with Crippen LogP contribution >= 0.6 is 0 Å². The average molecular weight is 220 g/mol. The lowest BCUT2D eigenvalue weighted by atomic mass is 9.87. The highest BCUT2D eigenvalue weighted by molar-refractivity contribution is 5.37. The summed E-state index contributed by atoms with van der Waals surface area (Å²) >= 11 is 0. The Labute approximate surface area is 102 Å². The Hall–Kier alpha value is -0.780. The lowest BCUT2D eigenvalue weighted by molar-refractivity contribution is 0.774. The van der Waals surface area contributed by atoms with E-state index in [2.05, 4.69) is 62.3 Å². The predicted molar refractivity (Wildman–Crippen MR) is 75.6 cm³/mol. The molecule has 0 radical (unpaired) electrons. The van der Waals surface area contributed by atoms with Crippen LogP contribution in [0.3, 0.4) is 0 Å². The fourth-order valence-corrected chi connectivity index (χ4v) is 1.75. The van der Waals surface area contributed by atoms with Crippen molar-refractivity contribution in [1.82, 2.24) is 0 Å². The Morgan fingerprint density at radius 1 is 0.562 bits per heavy atom. The van der Waals surface area contributed by atoms with Crippen LogP contribution in [0.15, 0.2) is 33.4 Å². The molecule has 92 valence electrons. The lowest BCUT2D eigenvalue weighted by Gasteiger charge is -2.19. The molecule has 0 aromatic rings. The van der Waals surface area contributed by atoms with Crippen LogP contribution in [0.2, 0.25) is 0 Å². The Morgan fingerprint density at radius 3 is 1.31 bits per heavy atom. The minimum Gasteiger partial charge on any atom is -0.0769 e. The Bertz CT molecular complexity index is 340. The first-order chi connectivity index (χ1) is 7.20. The summed E-state index contributed by atoms with van der Waals surface area (Å²) in [6.45, 7) is 20.0. The molecule has 0 spiro atoms. The lowest BCUT2D eigenvalue weighted by Crippen LogP contribution is -2.03. The number of hydrogen-bond donors (Lipinski definition) is 0. The van der Waals surface area contributed by atoms with Crippen LogP contribution in [0.5, 0.6) is 0 Å². The van der Waals surface area contributed by atoms with E-state index in [9.17, 15) is 0 Å². The van der Waals surface area contributed by atoms with Crippen molar-refractivity contribution in [2.45, 2.75) is 62.3 Å². The van der Waals surface area contributed by atoms with E-state index < -0.39 is 0 Å². The van der Waals surface area contributed by atoms with Gasteiger partial charge < -0.3 is 0 Å². The van der Waals surface area contributed by atoms with Gasteiger partial charge in [0, 0.05) is 0 Å². The zero-order chi connectivity index (χ0) is 13.0. The largest absolute Gasteiger partial charge is 0.0769 e. The van der Waals surface area contributed by atoms with Gasteiger partial charge >= 0.3 is 0 Å². The zero-order valence-corrected chi connectivity index (χ0v) is 12.6. The zero-order valence-electron chi connectivity index (χ0n) is 12.6. The Balaban J connectivity index is 5.36. The van der Waals surface area contributed by atoms with E-state index in [0.717, 1.165) is 0 Å². The molecule has 0 heteroatoms. The van der Waals surface area contributed by atoms with Gasteiger partial charge in [0.15, 0.2) is 0 Å². The maximum Gasteiger partial charge on any atom is -0.00187 e. The van der Waals surface area contributed by atoms with Crippen molar-refractivity contribution in [2.75, 3.05) is 0 Å². The summed E-state index contributed by atoms with van der Waals surface area (Å²) in [5, 5.41) is 0. The molecule has 0 aliphatic heterocycles. The molecule has 0 bridgehead atoms. The van der Waals surface area contributed by atoms with E-state index >= 15 is 0 Å². The molecule has 0 aliphatic carbocycles. The molecule has 0 heterocycles. The molecule has 0 rings (SSSR count). The summed E-state index contributed by atoms with van der Waals surface area (Å²) in [6, 6.07) is 0. The molecule has 16 heavy (non-hydrogen) atoms. The molecule has 0 amide bonds. The topological polar surface area (TPSA) is 0 Å². The van der Waals surface area contributed by atoms with E-state index in [-0.39, 0.29) is 0 Å². The summed E-state index contributed by atoms with van der Waals surface area (Å²) < 4.78 is 0. The second-order valence-corrected chi connectivity index (χ2v) is 5.34. The van der Waals surface area contributed by atoms with Crippen LogP contribution in [0.25, 0.3) is 0 Å². The highest BCUT2D eigenvalue weighted by Crippen LogP contribution is 2.28. The highest BCUT2D eigenvalue weighted by atomic mass is 14.2. The molecular formula is C16H28. The molecule has 0 N–H and O–H groups in total. The number of allylic oxidation sites excluding steroid dienone is 6. The minimum atomic E-state index is 0.555. The van der Waals surface area contributed by atoms with Crippen LogP contribution in [-0.4, -0.2) is 0 Å². The van der Waals surface area contributed by atoms with Gasteiger partial charge in [-0.1, -0.05) is 29.2 Å². The summed E-state index contributed by atoms with van der Waals surface area (Å²) in [7, 11) is 0. The van der Waals surface area contributed by atoms with Crippen molar-refractivity contribution in [3.8, 4) is 0 Å². The normalized spacial score (nSPS) is 14.1. The van der Waals surface area contributed by atoms with Crippen LogP contribution in [-0.2, 0) is 0 Å². The molecular weight excluding hydrogens is 192 g/mol. The Kier molecular flexibility index (Phi) is 5.78. The summed E-state index contributed by atoms with van der Waals surface area (Å²) in [5.74, 6) is 0.555. The monoisotopic (exact) mass is 220 g/mol. The molecule has 0 aromatic heterocycles. The van der Waals surface area contributed by atoms with Gasteiger partial charge in [0.25, 0.3) is 0 Å². The molecule has 0 aromatic carbocycles. The number of hydrogen-bond acceptors (Lipinski definition) is 0. The standard InChI is InChI=1S/C16H28/c1-10(2)12(5)14(7)16(9)15(8)13(6)11(3)4/h14H,1-9H3. The predicted octanol–water partition coefficient (Wildman–Crippen LogP) is 5.67. The second kappa shape index (κ2) is 6.08. The van der Waals surface area contributed by atoms with Gasteiger partial charge in [-0.25, -0.2) is 0 Å². The molecule has 0 nitrogen and oxygen atoms in total. The maximum atomic E-state index is 2.31. The van der Waals surface area contributed by atoms with Gasteiger partial charge in [-0.3, -0.25) is 0 Å². The fourth-order valence-electron chi connectivity index (χ4n) is 1.75. The fraction of sp³-hybridized carbons (Fsp3) is 0.625. The third-order valence-electron chi connectivity index (χ3n) is 3.99. The Morgan fingerprint density at radius 2 is 1.00 bits per heavy atom. The van der Waals surface area contributed by atoms with Crippen LogP contribution in [0, 0.1) is 5.92 Å². The van der Waals surface area contributed by atoms with Crippen molar-refractivity contribution >= 4 is 0 Å². The van der Waals surface area contributed by atoms with Crippen LogP contribution in [0.1, 0.15) is 62.3 Å². The molecule has 0 saturated heterocycles. The SMILES string of the molecule is CC(C)=C(C)C(C)=C(C)C(C)C(C)=C(C)C. The van der Waals surface area contributed by atoms with Crippen molar-refractivity contribution < 1.29 is 0 Å². The van der Waals surface area contributed by atoms with Crippen molar-refractivity contribution in [2.24, 2.45) is 5.92 Å². The van der Waals surface area contributed by atoms with Gasteiger partial charge in [-0.15, -0.1) is 0 Å². The highest BCUT2D eigenvalue weighted by Gasteiger charge is 2.11. The summed E-state index contributed by atoms with van der Waals surface area (Å²) in [4.78, 5) is 0. The van der Waals surface area contributed by atoms with E-state index in [0.29, 0.717) is 5.92 Å². The van der Waals surface area contributed by atoms with E-state index in [1.165, 1.54) is 33.4 Å². The van der Waals surface area contributed by atoms with Gasteiger partial charge in [-0.2, -0.15) is 0 Å². The number of rotatable bonds is 3. The van der Waals surface area contributed by atoms with Crippen molar-refractivity contribution in [3.63, 3.8) is 0 Å². The quantitative estimate of drug-likeness (QED) is 0.424.